The third-order valence-electron chi connectivity index (χ3n) is 10.7. The smallest absolute Gasteiger partial charge is 0.163 e. The molecule has 0 bridgehead atoms. The van der Waals surface area contributed by atoms with E-state index in [0.717, 1.165) is 88.6 Å². The molecule has 0 saturated heterocycles. The number of hydrogen-bond donors (Lipinski definition) is 0. The van der Waals surface area contributed by atoms with Crippen LogP contribution in [0.4, 0.5) is 0 Å². The van der Waals surface area contributed by atoms with Crippen LogP contribution >= 0.6 is 0 Å². The van der Waals surface area contributed by atoms with Crippen LogP contribution in [-0.2, 0) is 0 Å². The van der Waals surface area contributed by atoms with Gasteiger partial charge in [0.1, 0.15) is 23.3 Å². The number of pyridine rings is 1. The molecule has 0 aliphatic carbocycles. The minimum atomic E-state index is 0.521. The highest BCUT2D eigenvalue weighted by atomic mass is 15.0. The minimum Gasteiger partial charge on any atom is -0.308 e. The summed E-state index contributed by atoms with van der Waals surface area (Å²) < 4.78 is 4.57. The second-order valence-electron chi connectivity index (χ2n) is 14.8. The number of fused-ring (bicyclic) bond motifs is 6. The fourth-order valence-corrected chi connectivity index (χ4v) is 8.53. The summed E-state index contributed by atoms with van der Waals surface area (Å²) in [5.74, 6) is 3.87. The summed E-state index contributed by atoms with van der Waals surface area (Å²) in [6.45, 7) is 11.6. The number of nitriles is 1. The van der Waals surface area contributed by atoms with Crippen molar-refractivity contribution in [2.24, 2.45) is 0 Å². The number of rotatable bonds is 5. The lowest BCUT2D eigenvalue weighted by Crippen LogP contribution is -2.06. The second kappa shape index (κ2) is 13.2. The predicted octanol–water partition coefficient (Wildman–Crippen LogP) is 10.4. The van der Waals surface area contributed by atoms with Crippen LogP contribution in [0.5, 0.6) is 0 Å². The first kappa shape index (κ1) is 34.8. The van der Waals surface area contributed by atoms with Gasteiger partial charge in [-0.1, -0.05) is 60.7 Å². The zero-order valence-corrected chi connectivity index (χ0v) is 32.9. The Balaban J connectivity index is 1.37. The van der Waals surface area contributed by atoms with Crippen molar-refractivity contribution in [3.8, 4) is 51.3 Å². The third kappa shape index (κ3) is 5.67. The van der Waals surface area contributed by atoms with E-state index >= 15 is 0 Å². The highest BCUT2D eigenvalue weighted by molar-refractivity contribution is 6.13. The quantitative estimate of drug-likeness (QED) is 0.170. The summed E-state index contributed by atoms with van der Waals surface area (Å²) in [6.07, 6.45) is 0. The molecule has 10 aromatic rings. The normalized spacial score (nSPS) is 11.6. The Morgan fingerprint density at radius 2 is 0.828 bits per heavy atom. The summed E-state index contributed by atoms with van der Waals surface area (Å²) in [7, 11) is 0. The van der Waals surface area contributed by atoms with Gasteiger partial charge in [0.2, 0.25) is 0 Å². The first-order valence-electron chi connectivity index (χ1n) is 19.1. The van der Waals surface area contributed by atoms with Gasteiger partial charge in [0.15, 0.2) is 11.6 Å². The van der Waals surface area contributed by atoms with E-state index in [-0.39, 0.29) is 0 Å². The Kier molecular flexibility index (Phi) is 7.95. The maximum absolute atomic E-state index is 10.9. The maximum atomic E-state index is 10.9. The Morgan fingerprint density at radius 1 is 0.414 bits per heavy atom. The molecule has 0 spiro atoms. The van der Waals surface area contributed by atoms with Gasteiger partial charge in [-0.05, 0) is 95.6 Å². The van der Waals surface area contributed by atoms with Gasteiger partial charge in [0.05, 0.1) is 45.1 Å². The van der Waals surface area contributed by atoms with Crippen molar-refractivity contribution >= 4 is 43.6 Å². The standard InChI is InChI=1S/C48H36N10/c1-26-19-35(20-27(2)50-26)46-44(57-40-13-9-7-11-36(40)38-17-15-33(23-42(38)57)47-53-28(3)51-29(4)54-47)21-32(25-49)22-45(46)58-41-14-10-8-12-37(41)39-18-16-34(24-43(39)58)48-55-30(5)52-31(6)56-48/h7-24H,1-6H3. The molecule has 0 radical (unpaired) electrons. The predicted molar refractivity (Wildman–Crippen MR) is 229 cm³/mol. The summed E-state index contributed by atoms with van der Waals surface area (Å²) in [4.78, 5) is 32.6. The van der Waals surface area contributed by atoms with E-state index < -0.39 is 0 Å². The summed E-state index contributed by atoms with van der Waals surface area (Å²) in [5, 5.41) is 15.2. The van der Waals surface area contributed by atoms with E-state index in [0.29, 0.717) is 40.5 Å². The van der Waals surface area contributed by atoms with Crippen LogP contribution in [0.2, 0.25) is 0 Å². The number of benzene rings is 5. The van der Waals surface area contributed by atoms with Crippen LogP contribution in [0, 0.1) is 52.9 Å². The van der Waals surface area contributed by atoms with Crippen molar-refractivity contribution in [3.63, 3.8) is 0 Å². The van der Waals surface area contributed by atoms with E-state index in [1.165, 1.54) is 0 Å². The molecule has 0 fully saturated rings. The molecule has 5 aromatic carbocycles. The van der Waals surface area contributed by atoms with Crippen LogP contribution in [0.15, 0.2) is 109 Å². The molecular weight excluding hydrogens is 717 g/mol. The summed E-state index contributed by atoms with van der Waals surface area (Å²) in [6, 6.07) is 40.4. The van der Waals surface area contributed by atoms with Crippen LogP contribution in [0.3, 0.4) is 0 Å². The first-order chi connectivity index (χ1) is 28.1. The van der Waals surface area contributed by atoms with E-state index in [9.17, 15) is 5.26 Å². The molecule has 0 atom stereocenters. The fraction of sp³-hybridized carbons (Fsp3) is 0.125. The van der Waals surface area contributed by atoms with Gasteiger partial charge in [-0.15, -0.1) is 0 Å². The van der Waals surface area contributed by atoms with E-state index in [1.807, 2.05) is 53.7 Å². The van der Waals surface area contributed by atoms with Crippen molar-refractivity contribution in [2.45, 2.75) is 41.5 Å². The highest BCUT2D eigenvalue weighted by Gasteiger charge is 2.24. The molecule has 0 unspecified atom stereocenters. The molecule has 10 nitrogen and oxygen atoms in total. The number of aromatic nitrogens is 9. The molecule has 58 heavy (non-hydrogen) atoms. The van der Waals surface area contributed by atoms with Gasteiger partial charge < -0.3 is 9.13 Å². The molecule has 0 N–H and O–H groups in total. The lowest BCUT2D eigenvalue weighted by atomic mass is 9.97. The fourth-order valence-electron chi connectivity index (χ4n) is 8.53. The van der Waals surface area contributed by atoms with E-state index in [2.05, 4.69) is 122 Å². The largest absolute Gasteiger partial charge is 0.308 e. The van der Waals surface area contributed by atoms with Crippen molar-refractivity contribution in [2.75, 3.05) is 0 Å². The van der Waals surface area contributed by atoms with E-state index in [4.69, 9.17) is 24.9 Å². The maximum Gasteiger partial charge on any atom is 0.163 e. The Morgan fingerprint density at radius 3 is 1.26 bits per heavy atom. The van der Waals surface area contributed by atoms with Gasteiger partial charge in [-0.3, -0.25) is 4.98 Å². The summed E-state index contributed by atoms with van der Waals surface area (Å²) >= 11 is 0. The molecule has 5 aromatic heterocycles. The zero-order valence-electron chi connectivity index (χ0n) is 32.9. The first-order valence-corrected chi connectivity index (χ1v) is 19.1. The number of hydrogen-bond acceptors (Lipinski definition) is 8. The Bertz CT molecular complexity index is 3130. The molecule has 10 rings (SSSR count). The second-order valence-corrected chi connectivity index (χ2v) is 14.8. The highest BCUT2D eigenvalue weighted by Crippen LogP contribution is 2.44. The van der Waals surface area contributed by atoms with Crippen LogP contribution in [0.25, 0.3) is 88.9 Å². The van der Waals surface area contributed by atoms with Crippen LogP contribution in [0.1, 0.15) is 40.2 Å². The van der Waals surface area contributed by atoms with Crippen molar-refractivity contribution in [1.82, 2.24) is 44.0 Å². The van der Waals surface area contributed by atoms with Crippen LogP contribution < -0.4 is 0 Å². The van der Waals surface area contributed by atoms with Crippen molar-refractivity contribution in [1.29, 1.82) is 5.26 Å². The third-order valence-corrected chi connectivity index (χ3v) is 10.7. The molecular formula is C48H36N10. The molecule has 10 heteroatoms. The lowest BCUT2D eigenvalue weighted by Gasteiger charge is -2.21. The van der Waals surface area contributed by atoms with Gasteiger partial charge >= 0.3 is 0 Å². The average molecular weight is 753 g/mol. The topological polar surface area (TPSA) is 124 Å². The minimum absolute atomic E-state index is 0.521. The molecule has 0 saturated carbocycles. The monoisotopic (exact) mass is 752 g/mol. The molecule has 278 valence electrons. The molecule has 0 aliphatic heterocycles. The molecule has 0 amide bonds. The zero-order chi connectivity index (χ0) is 39.8. The Hall–Kier alpha value is -7.64. The Labute approximate surface area is 334 Å². The molecule has 0 aliphatic rings. The van der Waals surface area contributed by atoms with Crippen molar-refractivity contribution in [3.05, 3.63) is 149 Å². The number of nitrogens with zero attached hydrogens (tertiary/aromatic N) is 10. The SMILES string of the molecule is Cc1cc(-c2c(-n3c4ccccc4c4ccc(-c5nc(C)nc(C)n5)cc43)cc(C#N)cc2-n2c3ccccc3c3ccc(-c4nc(C)nc(C)n4)cc32)cc(C)n1. The molecule has 5 heterocycles. The van der Waals surface area contributed by atoms with Gasteiger partial charge in [0, 0.05) is 49.6 Å². The van der Waals surface area contributed by atoms with Crippen molar-refractivity contribution < 1.29 is 0 Å². The lowest BCUT2D eigenvalue weighted by molar-refractivity contribution is 0.928. The summed E-state index contributed by atoms with van der Waals surface area (Å²) in [5.41, 5.74) is 11.6. The van der Waals surface area contributed by atoms with Gasteiger partial charge in [-0.2, -0.15) is 5.26 Å². The van der Waals surface area contributed by atoms with E-state index in [1.54, 1.807) is 0 Å². The number of aryl methyl sites for hydroxylation is 6. The number of para-hydroxylation sites is 2. The van der Waals surface area contributed by atoms with Gasteiger partial charge in [-0.25, -0.2) is 29.9 Å². The van der Waals surface area contributed by atoms with Crippen LogP contribution in [-0.4, -0.2) is 44.0 Å². The van der Waals surface area contributed by atoms with Gasteiger partial charge in [0.25, 0.3) is 0 Å². The average Bonchev–Trinajstić information content (AvgIpc) is 3.71.